The molecule has 0 heterocycles. The van der Waals surface area contributed by atoms with E-state index in [2.05, 4.69) is 10.3 Å². The molecule has 0 amide bonds. The fourth-order valence-electron chi connectivity index (χ4n) is 0.995. The number of hydrogen-bond acceptors (Lipinski definition) is 2. The van der Waals surface area contributed by atoms with E-state index in [1.165, 1.54) is 7.11 Å². The molecule has 0 saturated carbocycles. The second kappa shape index (κ2) is 4.18. The Labute approximate surface area is 71.3 Å². The zero-order chi connectivity index (χ0) is 8.97. The maximum absolute atomic E-state index is 13.2. The monoisotopic (exact) mass is 169 g/mol. The zero-order valence-corrected chi connectivity index (χ0v) is 7.23. The summed E-state index contributed by atoms with van der Waals surface area (Å²) < 4.78 is 13.2. The molecule has 0 aliphatic heterocycles. The zero-order valence-electron chi connectivity index (χ0n) is 7.23. The normalized spacial score (nSPS) is 10.2. The van der Waals surface area contributed by atoms with Crippen LogP contribution in [0.2, 0.25) is 0 Å². The summed E-state index contributed by atoms with van der Waals surface area (Å²) in [7, 11) is 1.51. The largest absolute Gasteiger partial charge is 0.305 e. The van der Waals surface area contributed by atoms with Crippen molar-refractivity contribution >= 4 is 0 Å². The van der Waals surface area contributed by atoms with E-state index in [9.17, 15) is 4.39 Å². The number of nitrogens with one attached hydrogen (secondary N) is 1. The van der Waals surface area contributed by atoms with Gasteiger partial charge in [-0.3, -0.25) is 0 Å². The lowest BCUT2D eigenvalue weighted by molar-refractivity contribution is 0.0859. The molecular formula is C9H12FNO. The number of benzene rings is 1. The molecule has 0 radical (unpaired) electrons. The molecule has 3 heteroatoms. The van der Waals surface area contributed by atoms with Crippen LogP contribution in [0.4, 0.5) is 4.39 Å². The van der Waals surface area contributed by atoms with Crippen molar-refractivity contribution in [2.24, 2.45) is 0 Å². The standard InChI is InChI=1S/C9H12FNO/c1-7-4-3-5-8(9(7)10)6-11-12-2/h3-5,11H,6H2,1-2H3. The van der Waals surface area contributed by atoms with Gasteiger partial charge in [-0.15, -0.1) is 0 Å². The molecule has 0 atom stereocenters. The highest BCUT2D eigenvalue weighted by atomic mass is 19.1. The summed E-state index contributed by atoms with van der Waals surface area (Å²) in [6.45, 7) is 2.13. The second-order valence-electron chi connectivity index (χ2n) is 2.57. The van der Waals surface area contributed by atoms with Crippen LogP contribution in [0, 0.1) is 12.7 Å². The lowest BCUT2D eigenvalue weighted by Crippen LogP contribution is -2.12. The maximum atomic E-state index is 13.2. The van der Waals surface area contributed by atoms with E-state index >= 15 is 0 Å². The first-order valence-electron chi connectivity index (χ1n) is 3.75. The first-order valence-corrected chi connectivity index (χ1v) is 3.75. The Kier molecular flexibility index (Phi) is 3.19. The van der Waals surface area contributed by atoms with Crippen LogP contribution in [0.15, 0.2) is 18.2 Å². The molecule has 1 aromatic rings. The quantitative estimate of drug-likeness (QED) is 0.696. The SMILES string of the molecule is CONCc1cccc(C)c1F. The van der Waals surface area contributed by atoms with E-state index in [-0.39, 0.29) is 5.82 Å². The first kappa shape index (κ1) is 9.16. The fourth-order valence-corrected chi connectivity index (χ4v) is 0.995. The fraction of sp³-hybridized carbons (Fsp3) is 0.333. The van der Waals surface area contributed by atoms with E-state index in [1.807, 2.05) is 6.07 Å². The minimum Gasteiger partial charge on any atom is -0.305 e. The summed E-state index contributed by atoms with van der Waals surface area (Å²) in [6, 6.07) is 5.30. The van der Waals surface area contributed by atoms with Crippen LogP contribution in [0.5, 0.6) is 0 Å². The molecular weight excluding hydrogens is 157 g/mol. The summed E-state index contributed by atoms with van der Waals surface area (Å²) >= 11 is 0. The third-order valence-electron chi connectivity index (χ3n) is 1.68. The van der Waals surface area contributed by atoms with Crippen LogP contribution >= 0.6 is 0 Å². The topological polar surface area (TPSA) is 21.3 Å². The Bertz CT molecular complexity index is 263. The Morgan fingerprint density at radius 1 is 1.50 bits per heavy atom. The van der Waals surface area contributed by atoms with Gasteiger partial charge in [0.15, 0.2) is 0 Å². The number of hydroxylamine groups is 1. The molecule has 2 nitrogen and oxygen atoms in total. The van der Waals surface area contributed by atoms with Crippen molar-refractivity contribution in [2.75, 3.05) is 7.11 Å². The van der Waals surface area contributed by atoms with Gasteiger partial charge in [-0.1, -0.05) is 18.2 Å². The highest BCUT2D eigenvalue weighted by Crippen LogP contribution is 2.10. The second-order valence-corrected chi connectivity index (χ2v) is 2.57. The van der Waals surface area contributed by atoms with Gasteiger partial charge in [0.05, 0.1) is 7.11 Å². The van der Waals surface area contributed by atoms with Gasteiger partial charge in [0.25, 0.3) is 0 Å². The van der Waals surface area contributed by atoms with Gasteiger partial charge in [-0.25, -0.2) is 4.39 Å². The summed E-state index contributed by atoms with van der Waals surface area (Å²) in [5, 5.41) is 0. The van der Waals surface area contributed by atoms with Crippen molar-refractivity contribution in [3.8, 4) is 0 Å². The lowest BCUT2D eigenvalue weighted by atomic mass is 10.1. The van der Waals surface area contributed by atoms with Crippen LogP contribution in [0.1, 0.15) is 11.1 Å². The molecule has 0 bridgehead atoms. The molecule has 66 valence electrons. The van der Waals surface area contributed by atoms with E-state index in [4.69, 9.17) is 0 Å². The molecule has 0 spiro atoms. The molecule has 0 saturated heterocycles. The number of halogens is 1. The van der Waals surface area contributed by atoms with Gasteiger partial charge in [0.2, 0.25) is 0 Å². The van der Waals surface area contributed by atoms with Crippen molar-refractivity contribution in [2.45, 2.75) is 13.5 Å². The Hall–Kier alpha value is -0.930. The summed E-state index contributed by atoms with van der Waals surface area (Å²) in [4.78, 5) is 4.62. The van der Waals surface area contributed by atoms with Gasteiger partial charge in [0, 0.05) is 12.1 Å². The van der Waals surface area contributed by atoms with Gasteiger partial charge in [0.1, 0.15) is 5.82 Å². The van der Waals surface area contributed by atoms with E-state index in [0.717, 1.165) is 0 Å². The average Bonchev–Trinajstić information content (AvgIpc) is 2.08. The number of rotatable bonds is 3. The van der Waals surface area contributed by atoms with Crippen LogP contribution < -0.4 is 5.48 Å². The molecule has 1 rings (SSSR count). The van der Waals surface area contributed by atoms with Crippen LogP contribution in [-0.4, -0.2) is 7.11 Å². The van der Waals surface area contributed by atoms with Gasteiger partial charge < -0.3 is 4.84 Å². The Morgan fingerprint density at radius 3 is 2.92 bits per heavy atom. The predicted octanol–water partition coefficient (Wildman–Crippen LogP) is 1.79. The molecule has 1 N–H and O–H groups in total. The molecule has 0 fully saturated rings. The molecule has 0 unspecified atom stereocenters. The van der Waals surface area contributed by atoms with E-state index in [0.29, 0.717) is 17.7 Å². The van der Waals surface area contributed by atoms with Crippen molar-refractivity contribution in [3.63, 3.8) is 0 Å². The van der Waals surface area contributed by atoms with E-state index in [1.54, 1.807) is 19.1 Å². The van der Waals surface area contributed by atoms with Crippen LogP contribution in [-0.2, 0) is 11.4 Å². The van der Waals surface area contributed by atoms with Crippen molar-refractivity contribution in [1.82, 2.24) is 5.48 Å². The summed E-state index contributed by atoms with van der Waals surface area (Å²) in [6.07, 6.45) is 0. The lowest BCUT2D eigenvalue weighted by Gasteiger charge is -2.04. The minimum absolute atomic E-state index is 0.165. The van der Waals surface area contributed by atoms with E-state index < -0.39 is 0 Å². The molecule has 0 aliphatic rings. The van der Waals surface area contributed by atoms with Crippen molar-refractivity contribution in [1.29, 1.82) is 0 Å². The van der Waals surface area contributed by atoms with Crippen LogP contribution in [0.3, 0.4) is 0 Å². The van der Waals surface area contributed by atoms with Gasteiger partial charge in [-0.05, 0) is 12.5 Å². The Morgan fingerprint density at radius 2 is 2.25 bits per heavy atom. The summed E-state index contributed by atoms with van der Waals surface area (Å²) in [5.41, 5.74) is 3.87. The highest BCUT2D eigenvalue weighted by molar-refractivity contribution is 5.24. The minimum atomic E-state index is -0.165. The van der Waals surface area contributed by atoms with Crippen molar-refractivity contribution < 1.29 is 9.23 Å². The Balaban J connectivity index is 2.78. The van der Waals surface area contributed by atoms with Gasteiger partial charge in [-0.2, -0.15) is 5.48 Å². The number of hydrogen-bond donors (Lipinski definition) is 1. The molecule has 12 heavy (non-hydrogen) atoms. The van der Waals surface area contributed by atoms with Gasteiger partial charge >= 0.3 is 0 Å². The first-order chi connectivity index (χ1) is 5.75. The average molecular weight is 169 g/mol. The third-order valence-corrected chi connectivity index (χ3v) is 1.68. The predicted molar refractivity (Wildman–Crippen MR) is 45.0 cm³/mol. The van der Waals surface area contributed by atoms with Crippen molar-refractivity contribution in [3.05, 3.63) is 35.1 Å². The number of aryl methyl sites for hydroxylation is 1. The third kappa shape index (κ3) is 2.03. The highest BCUT2D eigenvalue weighted by Gasteiger charge is 2.02. The molecule has 0 aliphatic carbocycles. The summed E-state index contributed by atoms with van der Waals surface area (Å²) in [5.74, 6) is -0.165. The molecule has 0 aromatic heterocycles. The maximum Gasteiger partial charge on any atom is 0.130 e. The smallest absolute Gasteiger partial charge is 0.130 e. The molecule has 1 aromatic carbocycles. The van der Waals surface area contributed by atoms with Crippen LogP contribution in [0.25, 0.3) is 0 Å².